The van der Waals surface area contributed by atoms with E-state index < -0.39 is 0 Å². The largest absolute Gasteiger partial charge is 0.497 e. The molecule has 2 saturated heterocycles. The zero-order valence-corrected chi connectivity index (χ0v) is 14.6. The minimum absolute atomic E-state index is 0.109. The number of thioether (sulfide) groups is 1. The fourth-order valence-corrected chi connectivity index (χ4v) is 4.02. The van der Waals surface area contributed by atoms with E-state index in [1.165, 1.54) is 0 Å². The summed E-state index contributed by atoms with van der Waals surface area (Å²) < 4.78 is 5.14. The Morgan fingerprint density at radius 2 is 2.33 bits per heavy atom. The Labute approximate surface area is 146 Å². The maximum Gasteiger partial charge on any atom is 0.251 e. The molecule has 2 unspecified atom stereocenters. The lowest BCUT2D eigenvalue weighted by molar-refractivity contribution is -0.131. The number of nitrogens with zero attached hydrogens (tertiary/aromatic N) is 1. The molecule has 2 fully saturated rings. The Bertz CT molecular complexity index is 604. The Morgan fingerprint density at radius 1 is 1.46 bits per heavy atom. The number of hydrogen-bond acceptors (Lipinski definition) is 5. The third kappa shape index (κ3) is 4.02. The summed E-state index contributed by atoms with van der Waals surface area (Å²) in [6.07, 6.45) is 0.776. The van der Waals surface area contributed by atoms with Gasteiger partial charge in [0, 0.05) is 31.0 Å². The van der Waals surface area contributed by atoms with Gasteiger partial charge < -0.3 is 20.3 Å². The van der Waals surface area contributed by atoms with Crippen LogP contribution in [0.1, 0.15) is 16.8 Å². The van der Waals surface area contributed by atoms with Crippen LogP contribution in [0.15, 0.2) is 24.3 Å². The first-order valence-corrected chi connectivity index (χ1v) is 9.35. The highest BCUT2D eigenvalue weighted by Crippen LogP contribution is 2.20. The van der Waals surface area contributed by atoms with Crippen LogP contribution in [0.5, 0.6) is 5.75 Å². The molecular formula is C17H23N3O3S. The topological polar surface area (TPSA) is 70.7 Å². The summed E-state index contributed by atoms with van der Waals surface area (Å²) in [6, 6.07) is 6.99. The van der Waals surface area contributed by atoms with Gasteiger partial charge in [-0.15, -0.1) is 11.8 Å². The van der Waals surface area contributed by atoms with E-state index in [0.717, 1.165) is 31.1 Å². The highest BCUT2D eigenvalue weighted by Gasteiger charge is 2.33. The summed E-state index contributed by atoms with van der Waals surface area (Å²) in [5, 5.41) is 6.25. The van der Waals surface area contributed by atoms with Crippen LogP contribution >= 0.6 is 11.8 Å². The van der Waals surface area contributed by atoms with Crippen molar-refractivity contribution >= 4 is 23.6 Å². The van der Waals surface area contributed by atoms with Gasteiger partial charge in [0.1, 0.15) is 5.75 Å². The third-order valence-electron chi connectivity index (χ3n) is 4.47. The van der Waals surface area contributed by atoms with Gasteiger partial charge in [0.05, 0.1) is 19.0 Å². The van der Waals surface area contributed by atoms with Crippen LogP contribution in [0.2, 0.25) is 0 Å². The SMILES string of the molecule is COc1cccc(C(=O)NCC2CNC(C(=O)N3CCSC3)C2)c1. The Hall–Kier alpha value is -1.73. The van der Waals surface area contributed by atoms with Gasteiger partial charge in [0.15, 0.2) is 0 Å². The van der Waals surface area contributed by atoms with Gasteiger partial charge in [-0.3, -0.25) is 9.59 Å². The van der Waals surface area contributed by atoms with Crippen molar-refractivity contribution in [1.29, 1.82) is 0 Å². The highest BCUT2D eigenvalue weighted by atomic mass is 32.2. The Morgan fingerprint density at radius 3 is 3.08 bits per heavy atom. The molecule has 2 N–H and O–H groups in total. The summed E-state index contributed by atoms with van der Waals surface area (Å²) in [5.41, 5.74) is 0.585. The molecule has 2 heterocycles. The molecule has 0 spiro atoms. The second-order valence-electron chi connectivity index (χ2n) is 6.14. The van der Waals surface area contributed by atoms with Crippen LogP contribution in [0.4, 0.5) is 0 Å². The lowest BCUT2D eigenvalue weighted by Crippen LogP contribution is -2.42. The summed E-state index contributed by atoms with van der Waals surface area (Å²) in [7, 11) is 1.58. The summed E-state index contributed by atoms with van der Waals surface area (Å²) in [4.78, 5) is 26.5. The van der Waals surface area contributed by atoms with Crippen molar-refractivity contribution < 1.29 is 14.3 Å². The van der Waals surface area contributed by atoms with Gasteiger partial charge in [0.2, 0.25) is 5.91 Å². The van der Waals surface area contributed by atoms with Crippen molar-refractivity contribution in [3.05, 3.63) is 29.8 Å². The second kappa shape index (κ2) is 7.90. The zero-order chi connectivity index (χ0) is 16.9. The standard InChI is InChI=1S/C17H23N3O3S/c1-23-14-4-2-3-13(8-14)16(21)19-10-12-7-15(18-9-12)17(22)20-5-6-24-11-20/h2-4,8,12,15,18H,5-7,9-11H2,1H3,(H,19,21). The molecule has 1 aromatic carbocycles. The number of benzene rings is 1. The fourth-order valence-electron chi connectivity index (χ4n) is 3.06. The van der Waals surface area contributed by atoms with Crippen molar-refractivity contribution in [2.24, 2.45) is 5.92 Å². The Kier molecular flexibility index (Phi) is 5.63. The van der Waals surface area contributed by atoms with Crippen LogP contribution in [0.25, 0.3) is 0 Å². The van der Waals surface area contributed by atoms with Crippen LogP contribution < -0.4 is 15.4 Å². The monoisotopic (exact) mass is 349 g/mol. The van der Waals surface area contributed by atoms with E-state index in [-0.39, 0.29) is 23.8 Å². The quantitative estimate of drug-likeness (QED) is 0.828. The molecule has 0 saturated carbocycles. The number of methoxy groups -OCH3 is 1. The molecule has 0 aromatic heterocycles. The summed E-state index contributed by atoms with van der Waals surface area (Å²) in [5.74, 6) is 2.86. The molecule has 0 bridgehead atoms. The molecular weight excluding hydrogens is 326 g/mol. The number of rotatable bonds is 5. The van der Waals surface area contributed by atoms with Gasteiger partial charge in [-0.1, -0.05) is 6.07 Å². The first kappa shape index (κ1) is 17.1. The number of hydrogen-bond donors (Lipinski definition) is 2. The molecule has 6 nitrogen and oxygen atoms in total. The van der Waals surface area contributed by atoms with E-state index in [9.17, 15) is 9.59 Å². The third-order valence-corrected chi connectivity index (χ3v) is 5.43. The lowest BCUT2D eigenvalue weighted by atomic mass is 10.0. The van der Waals surface area contributed by atoms with Gasteiger partial charge in [0.25, 0.3) is 5.91 Å². The molecule has 3 rings (SSSR count). The normalized spacial score (nSPS) is 23.3. The number of amides is 2. The molecule has 130 valence electrons. The van der Waals surface area contributed by atoms with E-state index in [1.807, 2.05) is 11.0 Å². The predicted octanol–water partition coefficient (Wildman–Crippen LogP) is 0.936. The molecule has 24 heavy (non-hydrogen) atoms. The maximum atomic E-state index is 12.4. The van der Waals surface area contributed by atoms with Crippen molar-refractivity contribution in [3.63, 3.8) is 0 Å². The van der Waals surface area contributed by atoms with Crippen molar-refractivity contribution in [2.45, 2.75) is 12.5 Å². The van der Waals surface area contributed by atoms with Gasteiger partial charge in [-0.25, -0.2) is 0 Å². The van der Waals surface area contributed by atoms with E-state index in [4.69, 9.17) is 4.74 Å². The fraction of sp³-hybridized carbons (Fsp3) is 0.529. The molecule has 2 amide bonds. The second-order valence-corrected chi connectivity index (χ2v) is 7.22. The van der Waals surface area contributed by atoms with Crippen molar-refractivity contribution in [3.8, 4) is 5.75 Å². The van der Waals surface area contributed by atoms with Crippen molar-refractivity contribution in [2.75, 3.05) is 38.4 Å². The number of carbonyl (C=O) groups excluding carboxylic acids is 2. The minimum atomic E-state index is -0.111. The smallest absolute Gasteiger partial charge is 0.251 e. The van der Waals surface area contributed by atoms with Gasteiger partial charge in [-0.2, -0.15) is 0 Å². The summed E-state index contributed by atoms with van der Waals surface area (Å²) >= 11 is 1.79. The summed E-state index contributed by atoms with van der Waals surface area (Å²) in [6.45, 7) is 2.18. The molecule has 2 aliphatic heterocycles. The highest BCUT2D eigenvalue weighted by molar-refractivity contribution is 7.99. The number of nitrogens with one attached hydrogen (secondary N) is 2. The van der Waals surface area contributed by atoms with Crippen LogP contribution in [-0.2, 0) is 4.79 Å². The van der Waals surface area contributed by atoms with E-state index in [2.05, 4.69) is 10.6 Å². The average molecular weight is 349 g/mol. The molecule has 0 radical (unpaired) electrons. The molecule has 7 heteroatoms. The number of ether oxygens (including phenoxy) is 1. The first-order chi connectivity index (χ1) is 11.7. The minimum Gasteiger partial charge on any atom is -0.497 e. The van der Waals surface area contributed by atoms with Crippen LogP contribution in [0, 0.1) is 5.92 Å². The molecule has 1 aromatic rings. The Balaban J connectivity index is 1.47. The van der Waals surface area contributed by atoms with E-state index in [0.29, 0.717) is 17.9 Å². The lowest BCUT2D eigenvalue weighted by Gasteiger charge is -2.19. The van der Waals surface area contributed by atoms with Crippen LogP contribution in [0.3, 0.4) is 0 Å². The zero-order valence-electron chi connectivity index (χ0n) is 13.8. The predicted molar refractivity (Wildman–Crippen MR) is 94.3 cm³/mol. The molecule has 2 atom stereocenters. The average Bonchev–Trinajstić information content (AvgIpc) is 3.31. The van der Waals surface area contributed by atoms with E-state index >= 15 is 0 Å². The molecule has 2 aliphatic rings. The maximum absolute atomic E-state index is 12.4. The molecule has 0 aliphatic carbocycles. The van der Waals surface area contributed by atoms with Gasteiger partial charge in [-0.05, 0) is 30.5 Å². The van der Waals surface area contributed by atoms with E-state index in [1.54, 1.807) is 37.1 Å². The number of carbonyl (C=O) groups is 2. The van der Waals surface area contributed by atoms with Crippen molar-refractivity contribution in [1.82, 2.24) is 15.5 Å². The van der Waals surface area contributed by atoms with Gasteiger partial charge >= 0.3 is 0 Å². The first-order valence-electron chi connectivity index (χ1n) is 8.19. The van der Waals surface area contributed by atoms with Crippen LogP contribution in [-0.4, -0.2) is 61.1 Å².